The fraction of sp³-hybridized carbons (Fsp3) is 0.167. The highest BCUT2D eigenvalue weighted by Gasteiger charge is 2.32. The van der Waals surface area contributed by atoms with Crippen molar-refractivity contribution < 1.29 is 27.1 Å². The molecule has 0 spiro atoms. The van der Waals surface area contributed by atoms with Gasteiger partial charge in [0.2, 0.25) is 5.88 Å². The van der Waals surface area contributed by atoms with Crippen molar-refractivity contribution in [2.45, 2.75) is 13.1 Å². The third-order valence-corrected chi connectivity index (χ3v) is 2.89. The molecule has 0 saturated heterocycles. The van der Waals surface area contributed by atoms with Gasteiger partial charge in [-0.2, -0.15) is 17.9 Å². The van der Waals surface area contributed by atoms with Gasteiger partial charge in [-0.15, -0.1) is 5.10 Å². The molecule has 10 heteroatoms. The molecule has 0 unspecified atom stereocenters. The van der Waals surface area contributed by atoms with Gasteiger partial charge in [0.25, 0.3) is 0 Å². The first-order valence-electron chi connectivity index (χ1n) is 5.70. The van der Waals surface area contributed by atoms with Crippen LogP contribution in [0.5, 0.6) is 11.6 Å². The maximum absolute atomic E-state index is 13.8. The minimum absolute atomic E-state index is 0.239. The molecular weight excluding hydrogens is 330 g/mol. The zero-order valence-electron chi connectivity index (χ0n) is 10.9. The summed E-state index contributed by atoms with van der Waals surface area (Å²) in [6.45, 7) is 1.48. The average molecular weight is 338 g/mol. The van der Waals surface area contributed by atoms with Crippen LogP contribution in [0, 0.1) is 12.7 Å². The lowest BCUT2D eigenvalue weighted by atomic mass is 10.2. The highest BCUT2D eigenvalue weighted by molar-refractivity contribution is 6.32. The summed E-state index contributed by atoms with van der Waals surface area (Å²) < 4.78 is 57.1. The van der Waals surface area contributed by atoms with E-state index in [1.54, 1.807) is 0 Å². The first-order chi connectivity index (χ1) is 10.1. The number of hydrogen-bond acceptors (Lipinski definition) is 3. The van der Waals surface area contributed by atoms with Crippen molar-refractivity contribution in [2.24, 2.45) is 5.73 Å². The standard InChI is InChI=1S/C12H8ClF4N3O2/c1-5-2-9(19-20(5)11(18)21)22-10-7(13)3-6(4-8(10)14)12(15,16)17/h2-4H,1H3,(H2,18,21). The molecule has 1 amide bonds. The first kappa shape index (κ1) is 16.1. The minimum atomic E-state index is -4.74. The van der Waals surface area contributed by atoms with E-state index in [1.165, 1.54) is 13.0 Å². The highest BCUT2D eigenvalue weighted by atomic mass is 35.5. The molecule has 2 aromatic rings. The summed E-state index contributed by atoms with van der Waals surface area (Å²) in [6, 6.07) is 1.13. The summed E-state index contributed by atoms with van der Waals surface area (Å²) in [4.78, 5) is 11.0. The molecule has 2 rings (SSSR count). The Labute approximate surface area is 126 Å². The van der Waals surface area contributed by atoms with Gasteiger partial charge in [0.15, 0.2) is 11.6 Å². The van der Waals surface area contributed by atoms with E-state index in [0.717, 1.165) is 4.68 Å². The molecule has 0 radical (unpaired) electrons. The van der Waals surface area contributed by atoms with E-state index < -0.39 is 34.4 Å². The lowest BCUT2D eigenvalue weighted by Crippen LogP contribution is -2.21. The third kappa shape index (κ3) is 3.14. The number of benzene rings is 1. The van der Waals surface area contributed by atoms with E-state index in [9.17, 15) is 22.4 Å². The summed E-state index contributed by atoms with van der Waals surface area (Å²) in [7, 11) is 0. The van der Waals surface area contributed by atoms with Crippen molar-refractivity contribution in [1.29, 1.82) is 0 Å². The number of aromatic nitrogens is 2. The van der Waals surface area contributed by atoms with Crippen LogP contribution in [0.25, 0.3) is 0 Å². The minimum Gasteiger partial charge on any atom is -0.433 e. The number of hydrogen-bond donors (Lipinski definition) is 1. The molecule has 0 fully saturated rings. The molecule has 1 aromatic carbocycles. The van der Waals surface area contributed by atoms with E-state index in [-0.39, 0.29) is 11.9 Å². The van der Waals surface area contributed by atoms with Gasteiger partial charge in [0, 0.05) is 6.07 Å². The zero-order valence-corrected chi connectivity index (χ0v) is 11.7. The molecule has 0 aliphatic carbocycles. The Morgan fingerprint density at radius 3 is 2.45 bits per heavy atom. The second kappa shape index (κ2) is 5.48. The maximum Gasteiger partial charge on any atom is 0.416 e. The Kier molecular flexibility index (Phi) is 4.01. The molecule has 0 atom stereocenters. The SMILES string of the molecule is Cc1cc(Oc2c(F)cc(C(F)(F)F)cc2Cl)nn1C(N)=O. The van der Waals surface area contributed by atoms with E-state index in [0.29, 0.717) is 11.8 Å². The molecule has 0 aliphatic rings. The molecule has 0 bridgehead atoms. The van der Waals surface area contributed by atoms with E-state index in [2.05, 4.69) is 5.10 Å². The maximum atomic E-state index is 13.8. The van der Waals surface area contributed by atoms with E-state index in [4.69, 9.17) is 22.1 Å². The monoisotopic (exact) mass is 337 g/mol. The van der Waals surface area contributed by atoms with Gasteiger partial charge >= 0.3 is 12.2 Å². The number of amides is 1. The molecule has 0 saturated carbocycles. The summed E-state index contributed by atoms with van der Waals surface area (Å²) in [5.41, 5.74) is 4.08. The number of rotatable bonds is 2. The van der Waals surface area contributed by atoms with Crippen LogP contribution in [0.4, 0.5) is 22.4 Å². The van der Waals surface area contributed by atoms with Crippen LogP contribution in [0.1, 0.15) is 11.3 Å². The fourth-order valence-corrected chi connectivity index (χ4v) is 1.89. The molecule has 22 heavy (non-hydrogen) atoms. The molecular formula is C12H8ClF4N3O2. The van der Waals surface area contributed by atoms with Crippen LogP contribution in [0.3, 0.4) is 0 Å². The lowest BCUT2D eigenvalue weighted by Gasteiger charge is -2.11. The number of carbonyl (C=O) groups is 1. The van der Waals surface area contributed by atoms with Crippen LogP contribution < -0.4 is 10.5 Å². The molecule has 1 heterocycles. The molecule has 0 aliphatic heterocycles. The molecule has 2 N–H and O–H groups in total. The number of primary amides is 1. The Bertz CT molecular complexity index is 719. The second-order valence-electron chi connectivity index (χ2n) is 4.24. The number of alkyl halides is 3. The Hall–Kier alpha value is -2.29. The molecule has 118 valence electrons. The van der Waals surface area contributed by atoms with Crippen LogP contribution in [-0.2, 0) is 6.18 Å². The Morgan fingerprint density at radius 1 is 1.36 bits per heavy atom. The van der Waals surface area contributed by atoms with Crippen LogP contribution in [-0.4, -0.2) is 15.8 Å². The summed E-state index contributed by atoms with van der Waals surface area (Å²) in [6.07, 6.45) is -4.74. The largest absolute Gasteiger partial charge is 0.433 e. The summed E-state index contributed by atoms with van der Waals surface area (Å²) in [5.74, 6) is -2.19. The van der Waals surface area contributed by atoms with Crippen LogP contribution >= 0.6 is 11.6 Å². The molecule has 1 aromatic heterocycles. The Morgan fingerprint density at radius 2 is 2.00 bits per heavy atom. The fourth-order valence-electron chi connectivity index (χ4n) is 1.64. The average Bonchev–Trinajstić information content (AvgIpc) is 2.73. The number of carbonyl (C=O) groups excluding carboxylic acids is 1. The van der Waals surface area contributed by atoms with Crippen molar-refractivity contribution >= 4 is 17.6 Å². The van der Waals surface area contributed by atoms with E-state index in [1.807, 2.05) is 0 Å². The summed E-state index contributed by atoms with van der Waals surface area (Å²) >= 11 is 5.61. The first-order valence-corrected chi connectivity index (χ1v) is 6.08. The second-order valence-corrected chi connectivity index (χ2v) is 4.65. The van der Waals surface area contributed by atoms with Gasteiger partial charge < -0.3 is 10.5 Å². The predicted molar refractivity (Wildman–Crippen MR) is 68.4 cm³/mol. The number of halogens is 5. The van der Waals surface area contributed by atoms with Crippen LogP contribution in [0.15, 0.2) is 18.2 Å². The van der Waals surface area contributed by atoms with Crippen molar-refractivity contribution in [3.05, 3.63) is 40.3 Å². The van der Waals surface area contributed by atoms with Gasteiger partial charge in [0.1, 0.15) is 0 Å². The molecule has 5 nitrogen and oxygen atoms in total. The topological polar surface area (TPSA) is 70.1 Å². The smallest absolute Gasteiger partial charge is 0.416 e. The quantitative estimate of drug-likeness (QED) is 0.849. The summed E-state index contributed by atoms with van der Waals surface area (Å²) in [5, 5.41) is 3.05. The normalized spacial score (nSPS) is 11.5. The van der Waals surface area contributed by atoms with Gasteiger partial charge in [-0.3, -0.25) is 0 Å². The Balaban J connectivity index is 2.38. The predicted octanol–water partition coefficient (Wildman–Crippen LogP) is 3.72. The van der Waals surface area contributed by atoms with E-state index >= 15 is 0 Å². The number of ether oxygens (including phenoxy) is 1. The number of nitrogens with two attached hydrogens (primary N) is 1. The van der Waals surface area contributed by atoms with Crippen molar-refractivity contribution in [3.63, 3.8) is 0 Å². The van der Waals surface area contributed by atoms with Crippen molar-refractivity contribution in [1.82, 2.24) is 9.78 Å². The van der Waals surface area contributed by atoms with Gasteiger partial charge in [-0.1, -0.05) is 11.6 Å². The van der Waals surface area contributed by atoms with Crippen LogP contribution in [0.2, 0.25) is 5.02 Å². The zero-order chi connectivity index (χ0) is 16.7. The van der Waals surface area contributed by atoms with Gasteiger partial charge in [0.05, 0.1) is 16.3 Å². The van der Waals surface area contributed by atoms with Gasteiger partial charge in [-0.05, 0) is 19.1 Å². The number of aryl methyl sites for hydroxylation is 1. The highest BCUT2D eigenvalue weighted by Crippen LogP contribution is 2.38. The lowest BCUT2D eigenvalue weighted by molar-refractivity contribution is -0.137. The third-order valence-electron chi connectivity index (χ3n) is 2.61. The van der Waals surface area contributed by atoms with Crippen molar-refractivity contribution in [2.75, 3.05) is 0 Å². The van der Waals surface area contributed by atoms with Crippen molar-refractivity contribution in [3.8, 4) is 11.6 Å². The number of nitrogens with zero attached hydrogens (tertiary/aromatic N) is 2. The van der Waals surface area contributed by atoms with Gasteiger partial charge in [-0.25, -0.2) is 9.18 Å².